The summed E-state index contributed by atoms with van der Waals surface area (Å²) in [6.07, 6.45) is 1.59. The highest BCUT2D eigenvalue weighted by molar-refractivity contribution is 6.46. The Balaban J connectivity index is 2.03. The first-order valence-electron chi connectivity index (χ1n) is 8.71. The minimum atomic E-state index is -0.762. The van der Waals surface area contributed by atoms with Crippen LogP contribution in [0.4, 0.5) is 0 Å². The fourth-order valence-electron chi connectivity index (χ4n) is 3.11. The van der Waals surface area contributed by atoms with Gasteiger partial charge in [-0.25, -0.2) is 0 Å². The first-order valence-corrected chi connectivity index (χ1v) is 8.71. The van der Waals surface area contributed by atoms with Gasteiger partial charge in [-0.15, -0.1) is 0 Å². The third-order valence-electron chi connectivity index (χ3n) is 4.37. The number of nitrogens with one attached hydrogen (secondary N) is 1. The van der Waals surface area contributed by atoms with Gasteiger partial charge in [0.15, 0.2) is 0 Å². The number of aliphatic hydroxyl groups excluding tert-OH is 2. The highest BCUT2D eigenvalue weighted by Gasteiger charge is 2.46. The molecule has 1 aromatic heterocycles. The Hall–Kier alpha value is -3.03. The van der Waals surface area contributed by atoms with Crippen molar-refractivity contribution in [2.75, 3.05) is 26.2 Å². The summed E-state index contributed by atoms with van der Waals surface area (Å²) < 4.78 is 0. The van der Waals surface area contributed by atoms with Crippen LogP contribution in [0, 0.1) is 0 Å². The lowest BCUT2D eigenvalue weighted by atomic mass is 9.98. The monoisotopic (exact) mass is 367 g/mol. The highest BCUT2D eigenvalue weighted by atomic mass is 16.3. The Bertz CT molecular complexity index is 837. The number of Topliss-reactive ketones (excluding diaryl/α,β-unsaturated/α-hetero) is 1. The van der Waals surface area contributed by atoms with Crippen LogP contribution in [-0.2, 0) is 9.59 Å². The maximum Gasteiger partial charge on any atom is 0.295 e. The molecule has 7 heteroatoms. The second-order valence-electron chi connectivity index (χ2n) is 6.09. The van der Waals surface area contributed by atoms with Crippen molar-refractivity contribution in [3.05, 3.63) is 71.6 Å². The van der Waals surface area contributed by atoms with Crippen LogP contribution in [0.15, 0.2) is 60.3 Å². The van der Waals surface area contributed by atoms with Gasteiger partial charge in [0.25, 0.3) is 11.7 Å². The summed E-state index contributed by atoms with van der Waals surface area (Å²) in [6, 6.07) is 13.1. The van der Waals surface area contributed by atoms with E-state index in [0.717, 1.165) is 0 Å². The Morgan fingerprint density at radius 3 is 2.48 bits per heavy atom. The van der Waals surface area contributed by atoms with Gasteiger partial charge < -0.3 is 20.4 Å². The highest BCUT2D eigenvalue weighted by Crippen LogP contribution is 2.38. The van der Waals surface area contributed by atoms with Crippen LogP contribution < -0.4 is 5.32 Å². The van der Waals surface area contributed by atoms with E-state index >= 15 is 0 Å². The van der Waals surface area contributed by atoms with E-state index in [-0.39, 0.29) is 24.5 Å². The number of carbonyl (C=O) groups excluding carboxylic acids is 2. The average molecular weight is 367 g/mol. The number of nitrogens with zero attached hydrogens (tertiary/aromatic N) is 2. The summed E-state index contributed by atoms with van der Waals surface area (Å²) in [5, 5.41) is 22.6. The Kier molecular flexibility index (Phi) is 5.95. The predicted molar refractivity (Wildman–Crippen MR) is 99.6 cm³/mol. The third kappa shape index (κ3) is 3.89. The first kappa shape index (κ1) is 18.8. The molecule has 1 saturated heterocycles. The van der Waals surface area contributed by atoms with Gasteiger partial charge in [-0.3, -0.25) is 14.6 Å². The summed E-state index contributed by atoms with van der Waals surface area (Å²) in [7, 11) is 0. The molecule has 0 bridgehead atoms. The van der Waals surface area contributed by atoms with Crippen molar-refractivity contribution < 1.29 is 19.8 Å². The number of benzene rings is 1. The number of pyridine rings is 1. The van der Waals surface area contributed by atoms with Crippen LogP contribution in [0.2, 0.25) is 0 Å². The van der Waals surface area contributed by atoms with Gasteiger partial charge in [0.1, 0.15) is 11.8 Å². The molecule has 1 fully saturated rings. The molecule has 7 nitrogen and oxygen atoms in total. The van der Waals surface area contributed by atoms with E-state index in [2.05, 4.69) is 10.3 Å². The minimum Gasteiger partial charge on any atom is -0.507 e. The van der Waals surface area contributed by atoms with Gasteiger partial charge >= 0.3 is 0 Å². The van der Waals surface area contributed by atoms with Crippen molar-refractivity contribution >= 4 is 17.4 Å². The number of amides is 1. The molecule has 1 atom stereocenters. The third-order valence-corrected chi connectivity index (χ3v) is 4.37. The maximum absolute atomic E-state index is 12.7. The standard InChI is InChI=1S/C20H21N3O4/c24-13-11-21-10-12-23-17(15-8-4-5-9-22-15)16(19(26)20(23)27)18(25)14-6-2-1-3-7-14/h1-9,17,21,24-25H,10-13H2/t17-/m0/s1. The molecule has 1 amide bonds. The van der Waals surface area contributed by atoms with E-state index in [4.69, 9.17) is 5.11 Å². The molecule has 140 valence electrons. The average Bonchev–Trinajstić information content (AvgIpc) is 2.97. The van der Waals surface area contributed by atoms with E-state index in [1.54, 1.807) is 54.7 Å². The zero-order valence-corrected chi connectivity index (χ0v) is 14.7. The number of carbonyl (C=O) groups is 2. The fourth-order valence-corrected chi connectivity index (χ4v) is 3.11. The summed E-state index contributed by atoms with van der Waals surface area (Å²) in [6.45, 7) is 1.03. The molecule has 0 spiro atoms. The summed E-state index contributed by atoms with van der Waals surface area (Å²) >= 11 is 0. The summed E-state index contributed by atoms with van der Waals surface area (Å²) in [4.78, 5) is 31.0. The number of hydrogen-bond donors (Lipinski definition) is 3. The van der Waals surface area contributed by atoms with E-state index in [9.17, 15) is 14.7 Å². The van der Waals surface area contributed by atoms with Gasteiger partial charge in [-0.1, -0.05) is 36.4 Å². The van der Waals surface area contributed by atoms with Crippen LogP contribution in [0.25, 0.3) is 5.76 Å². The van der Waals surface area contributed by atoms with Gasteiger partial charge in [0.05, 0.1) is 17.9 Å². The van der Waals surface area contributed by atoms with Crippen molar-refractivity contribution in [3.8, 4) is 0 Å². The van der Waals surface area contributed by atoms with Crippen LogP contribution in [0.5, 0.6) is 0 Å². The van der Waals surface area contributed by atoms with Crippen molar-refractivity contribution in [1.82, 2.24) is 15.2 Å². The summed E-state index contributed by atoms with van der Waals surface area (Å²) in [5.41, 5.74) is 1.01. The van der Waals surface area contributed by atoms with Crippen molar-refractivity contribution in [2.24, 2.45) is 0 Å². The van der Waals surface area contributed by atoms with Gasteiger partial charge in [0.2, 0.25) is 0 Å². The second-order valence-corrected chi connectivity index (χ2v) is 6.09. The predicted octanol–water partition coefficient (Wildman–Crippen LogP) is 1.09. The molecule has 2 heterocycles. The normalized spacial score (nSPS) is 18.9. The van der Waals surface area contributed by atoms with E-state index in [1.165, 1.54) is 4.90 Å². The maximum atomic E-state index is 12.7. The van der Waals surface area contributed by atoms with Crippen LogP contribution in [-0.4, -0.2) is 58.0 Å². The number of hydrogen-bond acceptors (Lipinski definition) is 6. The van der Waals surface area contributed by atoms with Gasteiger partial charge in [0, 0.05) is 31.4 Å². The number of likely N-dealkylation sites (tertiary alicyclic amines) is 1. The minimum absolute atomic E-state index is 0.0174. The van der Waals surface area contributed by atoms with E-state index in [0.29, 0.717) is 24.3 Å². The molecular formula is C20H21N3O4. The van der Waals surface area contributed by atoms with E-state index in [1.807, 2.05) is 0 Å². The molecular weight excluding hydrogens is 346 g/mol. The molecule has 0 aliphatic carbocycles. The number of aliphatic hydroxyl groups is 2. The Labute approximate surface area is 157 Å². The zero-order chi connectivity index (χ0) is 19.2. The number of rotatable bonds is 7. The lowest BCUT2D eigenvalue weighted by molar-refractivity contribution is -0.139. The Morgan fingerprint density at radius 2 is 1.81 bits per heavy atom. The SMILES string of the molecule is O=C1C(=O)N(CCNCCO)[C@@H](c2ccccn2)C1=C(O)c1ccccc1. The van der Waals surface area contributed by atoms with Crippen molar-refractivity contribution in [1.29, 1.82) is 0 Å². The quantitative estimate of drug-likeness (QED) is 0.293. The van der Waals surface area contributed by atoms with Crippen LogP contribution >= 0.6 is 0 Å². The molecule has 1 aromatic carbocycles. The largest absolute Gasteiger partial charge is 0.507 e. The van der Waals surface area contributed by atoms with Crippen LogP contribution in [0.1, 0.15) is 17.3 Å². The molecule has 1 aliphatic rings. The van der Waals surface area contributed by atoms with Gasteiger partial charge in [-0.05, 0) is 12.1 Å². The zero-order valence-electron chi connectivity index (χ0n) is 14.7. The number of ketones is 1. The second kappa shape index (κ2) is 8.57. The van der Waals surface area contributed by atoms with Crippen molar-refractivity contribution in [2.45, 2.75) is 6.04 Å². The number of aromatic nitrogens is 1. The molecule has 0 unspecified atom stereocenters. The summed E-state index contributed by atoms with van der Waals surface area (Å²) in [5.74, 6) is -1.61. The fraction of sp³-hybridized carbons (Fsp3) is 0.250. The molecule has 3 rings (SSSR count). The Morgan fingerprint density at radius 1 is 1.07 bits per heavy atom. The molecule has 2 aromatic rings. The lowest BCUT2D eigenvalue weighted by Gasteiger charge is -2.24. The topological polar surface area (TPSA) is 103 Å². The van der Waals surface area contributed by atoms with E-state index < -0.39 is 17.7 Å². The first-order chi connectivity index (χ1) is 13.1. The van der Waals surface area contributed by atoms with Crippen LogP contribution in [0.3, 0.4) is 0 Å². The molecule has 3 N–H and O–H groups in total. The molecule has 1 aliphatic heterocycles. The molecule has 0 radical (unpaired) electrons. The smallest absolute Gasteiger partial charge is 0.295 e. The molecule has 27 heavy (non-hydrogen) atoms. The molecule has 0 saturated carbocycles. The van der Waals surface area contributed by atoms with Crippen molar-refractivity contribution in [3.63, 3.8) is 0 Å². The van der Waals surface area contributed by atoms with Gasteiger partial charge in [-0.2, -0.15) is 0 Å². The lowest BCUT2D eigenvalue weighted by Crippen LogP contribution is -2.36.